The van der Waals surface area contributed by atoms with Crippen molar-refractivity contribution in [2.24, 2.45) is 10.7 Å². The lowest BCUT2D eigenvalue weighted by atomic mass is 10.3. The van der Waals surface area contributed by atoms with E-state index in [9.17, 15) is 0 Å². The summed E-state index contributed by atoms with van der Waals surface area (Å²) in [5.41, 5.74) is 6.68. The minimum atomic E-state index is 0.475. The molecule has 0 aromatic carbocycles. The predicted molar refractivity (Wildman–Crippen MR) is 67.5 cm³/mol. The van der Waals surface area contributed by atoms with Crippen molar-refractivity contribution in [2.45, 2.75) is 26.3 Å². The first kappa shape index (κ1) is 12.8. The molecule has 4 nitrogen and oxygen atoms in total. The number of aromatic nitrogens is 1. The van der Waals surface area contributed by atoms with Crippen molar-refractivity contribution < 1.29 is 0 Å². The number of unbranched alkanes of at least 4 members (excludes halogenated alkanes) is 1. The van der Waals surface area contributed by atoms with Gasteiger partial charge in [-0.2, -0.15) is 0 Å². The van der Waals surface area contributed by atoms with Crippen LogP contribution in [0.15, 0.2) is 23.3 Å². The zero-order valence-corrected chi connectivity index (χ0v) is 10.2. The summed E-state index contributed by atoms with van der Waals surface area (Å²) in [6, 6.07) is 3.63. The van der Waals surface area contributed by atoms with Crippen molar-refractivity contribution in [1.82, 2.24) is 10.3 Å². The van der Waals surface area contributed by atoms with Crippen LogP contribution in [0.1, 0.15) is 25.3 Å². The Morgan fingerprint density at radius 1 is 1.56 bits per heavy atom. The van der Waals surface area contributed by atoms with E-state index in [1.54, 1.807) is 12.3 Å². The summed E-state index contributed by atoms with van der Waals surface area (Å²) in [5.74, 6) is 0.475. The first-order chi connectivity index (χ1) is 7.72. The summed E-state index contributed by atoms with van der Waals surface area (Å²) >= 11 is 5.67. The Morgan fingerprint density at radius 2 is 2.38 bits per heavy atom. The van der Waals surface area contributed by atoms with E-state index < -0.39 is 0 Å². The van der Waals surface area contributed by atoms with Crippen LogP contribution in [0.5, 0.6) is 0 Å². The Kier molecular flexibility index (Phi) is 5.64. The average molecular weight is 241 g/mol. The summed E-state index contributed by atoms with van der Waals surface area (Å²) in [6.45, 7) is 3.52. The monoisotopic (exact) mass is 240 g/mol. The van der Waals surface area contributed by atoms with Crippen molar-refractivity contribution in [3.8, 4) is 0 Å². The van der Waals surface area contributed by atoms with Gasteiger partial charge < -0.3 is 11.1 Å². The highest BCUT2D eigenvalue weighted by atomic mass is 35.5. The molecular weight excluding hydrogens is 224 g/mol. The first-order valence-corrected chi connectivity index (χ1v) is 5.74. The minimum Gasteiger partial charge on any atom is -0.370 e. The van der Waals surface area contributed by atoms with E-state index >= 15 is 0 Å². The molecule has 0 spiro atoms. The number of nitrogens with one attached hydrogen (secondary N) is 1. The number of hydrogen-bond donors (Lipinski definition) is 2. The molecule has 1 heterocycles. The molecule has 1 rings (SSSR count). The van der Waals surface area contributed by atoms with Gasteiger partial charge in [-0.05, 0) is 18.1 Å². The molecular formula is C11H17ClN4. The molecule has 1 aromatic rings. The van der Waals surface area contributed by atoms with Gasteiger partial charge >= 0.3 is 0 Å². The van der Waals surface area contributed by atoms with Gasteiger partial charge in [0.05, 0.1) is 6.54 Å². The van der Waals surface area contributed by atoms with E-state index in [-0.39, 0.29) is 0 Å². The lowest BCUT2D eigenvalue weighted by molar-refractivity contribution is 0.748. The van der Waals surface area contributed by atoms with Crippen LogP contribution < -0.4 is 11.1 Å². The van der Waals surface area contributed by atoms with Gasteiger partial charge in [-0.1, -0.05) is 31.0 Å². The molecule has 0 aliphatic rings. The zero-order valence-electron chi connectivity index (χ0n) is 9.41. The summed E-state index contributed by atoms with van der Waals surface area (Å²) in [4.78, 5) is 8.16. The third kappa shape index (κ3) is 4.98. The Balaban J connectivity index is 2.37. The maximum atomic E-state index is 5.68. The van der Waals surface area contributed by atoms with E-state index in [2.05, 4.69) is 22.2 Å². The normalized spacial score (nSPS) is 11.5. The highest BCUT2D eigenvalue weighted by Gasteiger charge is 1.94. The molecule has 0 fully saturated rings. The van der Waals surface area contributed by atoms with Crippen molar-refractivity contribution in [1.29, 1.82) is 0 Å². The summed E-state index contributed by atoms with van der Waals surface area (Å²) in [6.07, 6.45) is 3.94. The lowest BCUT2D eigenvalue weighted by Crippen LogP contribution is -2.32. The van der Waals surface area contributed by atoms with Gasteiger partial charge in [-0.25, -0.2) is 9.98 Å². The van der Waals surface area contributed by atoms with E-state index in [0.717, 1.165) is 24.9 Å². The number of nitrogens with zero attached hydrogens (tertiary/aromatic N) is 2. The third-order valence-electron chi connectivity index (χ3n) is 2.06. The molecule has 0 radical (unpaired) electrons. The molecule has 0 saturated heterocycles. The molecule has 0 atom stereocenters. The zero-order chi connectivity index (χ0) is 11.8. The fourth-order valence-electron chi connectivity index (χ4n) is 1.13. The SMILES string of the molecule is CCCCNC(N)=NCc1ccc(Cl)nc1. The lowest BCUT2D eigenvalue weighted by Gasteiger charge is -2.04. The second-order valence-corrected chi connectivity index (χ2v) is 3.86. The van der Waals surface area contributed by atoms with Gasteiger partial charge in [0.25, 0.3) is 0 Å². The first-order valence-electron chi connectivity index (χ1n) is 5.36. The summed E-state index contributed by atoms with van der Waals surface area (Å²) in [7, 11) is 0. The molecule has 0 unspecified atom stereocenters. The number of guanidine groups is 1. The Morgan fingerprint density at radius 3 is 3.00 bits per heavy atom. The van der Waals surface area contributed by atoms with Crippen LogP contribution in [-0.4, -0.2) is 17.5 Å². The van der Waals surface area contributed by atoms with Crippen LogP contribution in [-0.2, 0) is 6.54 Å². The standard InChI is InChI=1S/C11H17ClN4/c1-2-3-6-14-11(13)16-8-9-4-5-10(12)15-7-9/h4-5,7H,2-3,6,8H2,1H3,(H3,13,14,16). The second kappa shape index (κ2) is 7.06. The molecule has 0 bridgehead atoms. The smallest absolute Gasteiger partial charge is 0.188 e. The van der Waals surface area contributed by atoms with E-state index in [0.29, 0.717) is 17.7 Å². The van der Waals surface area contributed by atoms with Crippen LogP contribution >= 0.6 is 11.6 Å². The van der Waals surface area contributed by atoms with Crippen LogP contribution in [0.2, 0.25) is 5.15 Å². The molecule has 3 N–H and O–H groups in total. The maximum Gasteiger partial charge on any atom is 0.188 e. The van der Waals surface area contributed by atoms with Crippen LogP contribution in [0, 0.1) is 0 Å². The van der Waals surface area contributed by atoms with Crippen molar-refractivity contribution in [3.63, 3.8) is 0 Å². The van der Waals surface area contributed by atoms with Crippen molar-refractivity contribution >= 4 is 17.6 Å². The Hall–Kier alpha value is -1.29. The van der Waals surface area contributed by atoms with Gasteiger partial charge in [0.15, 0.2) is 5.96 Å². The fourth-order valence-corrected chi connectivity index (χ4v) is 1.24. The van der Waals surface area contributed by atoms with E-state index in [1.807, 2.05) is 6.07 Å². The number of pyridine rings is 1. The summed E-state index contributed by atoms with van der Waals surface area (Å²) in [5, 5.41) is 3.53. The fraction of sp³-hybridized carbons (Fsp3) is 0.455. The number of nitrogens with two attached hydrogens (primary N) is 1. The van der Waals surface area contributed by atoms with Crippen molar-refractivity contribution in [3.05, 3.63) is 29.0 Å². The average Bonchev–Trinajstić information content (AvgIpc) is 2.29. The van der Waals surface area contributed by atoms with Crippen molar-refractivity contribution in [2.75, 3.05) is 6.54 Å². The van der Waals surface area contributed by atoms with Crippen LogP contribution in [0.4, 0.5) is 0 Å². The summed E-state index contributed by atoms with van der Waals surface area (Å²) < 4.78 is 0. The molecule has 88 valence electrons. The van der Waals surface area contributed by atoms with Gasteiger partial charge in [-0.3, -0.25) is 0 Å². The van der Waals surface area contributed by atoms with Crippen LogP contribution in [0.25, 0.3) is 0 Å². The number of aliphatic imine (C=N–C) groups is 1. The molecule has 0 amide bonds. The largest absolute Gasteiger partial charge is 0.370 e. The van der Waals surface area contributed by atoms with Gasteiger partial charge in [-0.15, -0.1) is 0 Å². The molecule has 16 heavy (non-hydrogen) atoms. The molecule has 1 aromatic heterocycles. The number of hydrogen-bond acceptors (Lipinski definition) is 2. The maximum absolute atomic E-state index is 5.68. The minimum absolute atomic E-state index is 0.475. The quantitative estimate of drug-likeness (QED) is 0.358. The van der Waals surface area contributed by atoms with Gasteiger partial charge in [0.2, 0.25) is 0 Å². The number of rotatable bonds is 5. The Bertz CT molecular complexity index is 334. The van der Waals surface area contributed by atoms with Gasteiger partial charge in [0, 0.05) is 12.7 Å². The Labute approximate surface area is 101 Å². The highest BCUT2D eigenvalue weighted by Crippen LogP contribution is 2.05. The van der Waals surface area contributed by atoms with Crippen LogP contribution in [0.3, 0.4) is 0 Å². The molecule has 5 heteroatoms. The topological polar surface area (TPSA) is 63.3 Å². The number of halogens is 1. The predicted octanol–water partition coefficient (Wildman–Crippen LogP) is 1.94. The van der Waals surface area contributed by atoms with E-state index in [1.165, 1.54) is 0 Å². The molecule has 0 aliphatic heterocycles. The molecule has 0 aliphatic carbocycles. The third-order valence-corrected chi connectivity index (χ3v) is 2.28. The highest BCUT2D eigenvalue weighted by molar-refractivity contribution is 6.29. The molecule has 0 saturated carbocycles. The second-order valence-electron chi connectivity index (χ2n) is 3.47. The van der Waals surface area contributed by atoms with E-state index in [4.69, 9.17) is 17.3 Å². The van der Waals surface area contributed by atoms with Gasteiger partial charge in [0.1, 0.15) is 5.15 Å².